The van der Waals surface area contributed by atoms with Gasteiger partial charge in [0.2, 0.25) is 0 Å². The van der Waals surface area contributed by atoms with E-state index in [0.717, 1.165) is 44.1 Å². The van der Waals surface area contributed by atoms with Gasteiger partial charge in [0.1, 0.15) is 12.4 Å². The molecule has 1 aromatic rings. The van der Waals surface area contributed by atoms with E-state index in [0.29, 0.717) is 6.54 Å². The fourth-order valence-corrected chi connectivity index (χ4v) is 2.38. The van der Waals surface area contributed by atoms with Crippen LogP contribution in [-0.2, 0) is 6.54 Å². The van der Waals surface area contributed by atoms with Gasteiger partial charge < -0.3 is 15.4 Å². The van der Waals surface area contributed by atoms with Crippen molar-refractivity contribution in [1.82, 2.24) is 9.80 Å². The molecule has 1 fully saturated rings. The number of piperazine rings is 1. The van der Waals surface area contributed by atoms with Crippen molar-refractivity contribution < 1.29 is 4.74 Å². The van der Waals surface area contributed by atoms with Gasteiger partial charge in [-0.15, -0.1) is 0 Å². The second-order valence-corrected chi connectivity index (χ2v) is 4.98. The number of nitrogens with zero attached hydrogens (tertiary/aromatic N) is 2. The lowest BCUT2D eigenvalue weighted by Crippen LogP contribution is -2.47. The maximum absolute atomic E-state index is 5.79. The number of nitrogens with two attached hydrogens (primary N) is 1. The van der Waals surface area contributed by atoms with E-state index in [1.165, 1.54) is 13.1 Å². The highest BCUT2D eigenvalue weighted by atomic mass is 16.5. The van der Waals surface area contributed by atoms with Crippen molar-refractivity contribution in [2.45, 2.75) is 13.5 Å². The Balaban J connectivity index is 1.69. The maximum Gasteiger partial charge on any atom is 0.119 e. The van der Waals surface area contributed by atoms with Crippen molar-refractivity contribution in [3.05, 3.63) is 29.8 Å². The molecule has 0 aromatic heterocycles. The van der Waals surface area contributed by atoms with Crippen molar-refractivity contribution >= 4 is 0 Å². The van der Waals surface area contributed by atoms with Crippen LogP contribution in [0.4, 0.5) is 0 Å². The summed E-state index contributed by atoms with van der Waals surface area (Å²) in [6, 6.07) is 8.04. The summed E-state index contributed by atoms with van der Waals surface area (Å²) in [6.45, 7) is 10.4. The molecule has 1 heterocycles. The van der Waals surface area contributed by atoms with Crippen LogP contribution in [0.15, 0.2) is 24.3 Å². The van der Waals surface area contributed by atoms with Crippen molar-refractivity contribution in [3.63, 3.8) is 0 Å². The van der Waals surface area contributed by atoms with E-state index < -0.39 is 0 Å². The zero-order chi connectivity index (χ0) is 13.5. The highest BCUT2D eigenvalue weighted by Gasteiger charge is 2.14. The lowest BCUT2D eigenvalue weighted by Gasteiger charge is -2.33. The average Bonchev–Trinajstić information content (AvgIpc) is 2.48. The second kappa shape index (κ2) is 7.48. The summed E-state index contributed by atoms with van der Waals surface area (Å²) >= 11 is 0. The van der Waals surface area contributed by atoms with Crippen LogP contribution >= 0.6 is 0 Å². The average molecular weight is 263 g/mol. The summed E-state index contributed by atoms with van der Waals surface area (Å²) in [5.74, 6) is 0.926. The fourth-order valence-electron chi connectivity index (χ4n) is 2.38. The van der Waals surface area contributed by atoms with Crippen LogP contribution in [0.1, 0.15) is 12.5 Å². The zero-order valence-corrected chi connectivity index (χ0v) is 11.8. The Bertz CT molecular complexity index is 375. The first-order valence-corrected chi connectivity index (χ1v) is 7.18. The van der Waals surface area contributed by atoms with Crippen LogP contribution in [0.2, 0.25) is 0 Å². The number of hydrogen-bond donors (Lipinski definition) is 1. The molecule has 0 atom stereocenters. The van der Waals surface area contributed by atoms with Crippen LogP contribution in [0.3, 0.4) is 0 Å². The van der Waals surface area contributed by atoms with Crippen LogP contribution in [0, 0.1) is 0 Å². The predicted molar refractivity (Wildman–Crippen MR) is 78.4 cm³/mol. The minimum absolute atomic E-state index is 0.566. The van der Waals surface area contributed by atoms with Gasteiger partial charge in [-0.05, 0) is 24.2 Å². The molecule has 1 saturated heterocycles. The quantitative estimate of drug-likeness (QED) is 0.836. The zero-order valence-electron chi connectivity index (χ0n) is 11.8. The summed E-state index contributed by atoms with van der Waals surface area (Å²) in [6.07, 6.45) is 0. The minimum atomic E-state index is 0.566. The van der Waals surface area contributed by atoms with Crippen LogP contribution in [0.5, 0.6) is 5.75 Å². The predicted octanol–water partition coefficient (Wildman–Crippen LogP) is 1.16. The third kappa shape index (κ3) is 4.49. The largest absolute Gasteiger partial charge is 0.492 e. The molecular formula is C15H25N3O. The highest BCUT2D eigenvalue weighted by molar-refractivity contribution is 5.28. The molecule has 0 spiro atoms. The normalized spacial score (nSPS) is 17.6. The van der Waals surface area contributed by atoms with Gasteiger partial charge in [-0.3, -0.25) is 4.90 Å². The first-order valence-electron chi connectivity index (χ1n) is 7.18. The molecule has 0 unspecified atom stereocenters. The highest BCUT2D eigenvalue weighted by Crippen LogP contribution is 2.12. The molecule has 19 heavy (non-hydrogen) atoms. The molecule has 1 aromatic carbocycles. The molecule has 0 amide bonds. The molecule has 0 bridgehead atoms. The number of ether oxygens (including phenoxy) is 1. The number of benzene rings is 1. The van der Waals surface area contributed by atoms with E-state index in [-0.39, 0.29) is 0 Å². The van der Waals surface area contributed by atoms with Gasteiger partial charge in [-0.25, -0.2) is 0 Å². The molecule has 4 heteroatoms. The van der Waals surface area contributed by atoms with Gasteiger partial charge in [-0.2, -0.15) is 0 Å². The lowest BCUT2D eigenvalue weighted by molar-refractivity contribution is 0.121. The summed E-state index contributed by atoms with van der Waals surface area (Å²) in [7, 11) is 0. The molecule has 0 radical (unpaired) electrons. The van der Waals surface area contributed by atoms with Crippen molar-refractivity contribution in [2.75, 3.05) is 45.9 Å². The molecule has 106 valence electrons. The molecule has 2 N–H and O–H groups in total. The van der Waals surface area contributed by atoms with Crippen molar-refractivity contribution in [3.8, 4) is 5.75 Å². The fraction of sp³-hybridized carbons (Fsp3) is 0.600. The number of hydrogen-bond acceptors (Lipinski definition) is 4. The third-order valence-electron chi connectivity index (χ3n) is 3.72. The summed E-state index contributed by atoms with van der Waals surface area (Å²) in [5.41, 5.74) is 6.74. The Hall–Kier alpha value is -1.10. The SMILES string of the molecule is CCN1CCN(CCOc2cccc(CN)c2)CC1. The van der Waals surface area contributed by atoms with E-state index in [2.05, 4.69) is 16.7 Å². The smallest absolute Gasteiger partial charge is 0.119 e. The van der Waals surface area contributed by atoms with Gasteiger partial charge >= 0.3 is 0 Å². The van der Waals surface area contributed by atoms with Crippen LogP contribution in [-0.4, -0.2) is 55.7 Å². The molecule has 0 aliphatic carbocycles. The Labute approximate surface area is 116 Å². The van der Waals surface area contributed by atoms with E-state index in [1.807, 2.05) is 24.3 Å². The van der Waals surface area contributed by atoms with E-state index in [9.17, 15) is 0 Å². The van der Waals surface area contributed by atoms with Gasteiger partial charge in [0, 0.05) is 39.3 Å². The third-order valence-corrected chi connectivity index (χ3v) is 3.72. The standard InChI is InChI=1S/C15H25N3O/c1-2-17-6-8-18(9-7-17)10-11-19-15-5-3-4-14(12-15)13-16/h3-5,12H,2,6-11,13,16H2,1H3. The molecule has 1 aliphatic rings. The maximum atomic E-state index is 5.79. The van der Waals surface area contributed by atoms with E-state index >= 15 is 0 Å². The Morgan fingerprint density at radius 1 is 1.16 bits per heavy atom. The van der Waals surface area contributed by atoms with Crippen LogP contribution in [0.25, 0.3) is 0 Å². The van der Waals surface area contributed by atoms with Crippen molar-refractivity contribution in [2.24, 2.45) is 5.73 Å². The van der Waals surface area contributed by atoms with Gasteiger partial charge in [0.25, 0.3) is 0 Å². The molecule has 1 aliphatic heterocycles. The summed E-state index contributed by atoms with van der Waals surface area (Å²) in [5, 5.41) is 0. The second-order valence-electron chi connectivity index (χ2n) is 4.98. The van der Waals surface area contributed by atoms with Gasteiger partial charge in [0.15, 0.2) is 0 Å². The van der Waals surface area contributed by atoms with E-state index in [1.54, 1.807) is 0 Å². The first-order chi connectivity index (χ1) is 9.31. The van der Waals surface area contributed by atoms with Crippen LogP contribution < -0.4 is 10.5 Å². The molecule has 2 rings (SSSR count). The van der Waals surface area contributed by atoms with Gasteiger partial charge in [-0.1, -0.05) is 19.1 Å². The lowest BCUT2D eigenvalue weighted by atomic mass is 10.2. The summed E-state index contributed by atoms with van der Waals surface area (Å²) in [4.78, 5) is 4.96. The number of likely N-dealkylation sites (N-methyl/N-ethyl adjacent to an activating group) is 1. The Morgan fingerprint density at radius 3 is 2.58 bits per heavy atom. The Kier molecular flexibility index (Phi) is 5.63. The monoisotopic (exact) mass is 263 g/mol. The molecule has 0 saturated carbocycles. The number of rotatable bonds is 6. The molecular weight excluding hydrogens is 238 g/mol. The summed E-state index contributed by atoms with van der Waals surface area (Å²) < 4.78 is 5.79. The first kappa shape index (κ1) is 14.3. The van der Waals surface area contributed by atoms with E-state index in [4.69, 9.17) is 10.5 Å². The Morgan fingerprint density at radius 2 is 1.89 bits per heavy atom. The minimum Gasteiger partial charge on any atom is -0.492 e. The van der Waals surface area contributed by atoms with Crippen molar-refractivity contribution in [1.29, 1.82) is 0 Å². The topological polar surface area (TPSA) is 41.7 Å². The van der Waals surface area contributed by atoms with Gasteiger partial charge in [0.05, 0.1) is 0 Å². The molecule has 4 nitrogen and oxygen atoms in total.